The van der Waals surface area contributed by atoms with E-state index in [4.69, 9.17) is 4.74 Å². The Hall–Kier alpha value is -1.13. The molecule has 3 heterocycles. The Morgan fingerprint density at radius 1 is 1.35 bits per heavy atom. The number of pyridine rings is 1. The van der Waals surface area contributed by atoms with E-state index < -0.39 is 5.60 Å². The number of aromatic nitrogens is 1. The van der Waals surface area contributed by atoms with Gasteiger partial charge >= 0.3 is 0 Å². The van der Waals surface area contributed by atoms with Crippen LogP contribution in [0.1, 0.15) is 43.2 Å². The molecule has 0 spiro atoms. The van der Waals surface area contributed by atoms with Crippen molar-refractivity contribution < 1.29 is 9.84 Å². The smallest absolute Gasteiger partial charge is 0.213 e. The van der Waals surface area contributed by atoms with Crippen molar-refractivity contribution in [2.75, 3.05) is 14.2 Å². The molecule has 2 bridgehead atoms. The van der Waals surface area contributed by atoms with Gasteiger partial charge in [0.15, 0.2) is 0 Å². The van der Waals surface area contributed by atoms with Crippen molar-refractivity contribution in [3.63, 3.8) is 0 Å². The molecule has 2 aliphatic heterocycles. The Labute approximate surface area is 120 Å². The van der Waals surface area contributed by atoms with Gasteiger partial charge < -0.3 is 14.7 Å². The first kappa shape index (κ1) is 13.8. The van der Waals surface area contributed by atoms with Crippen LogP contribution < -0.4 is 4.74 Å². The van der Waals surface area contributed by atoms with Crippen molar-refractivity contribution in [2.24, 2.45) is 0 Å². The number of piperidine rings is 2. The molecule has 2 aliphatic rings. The zero-order valence-electron chi connectivity index (χ0n) is 12.6. The standard InChI is InChI=1S/C16H24N2O2/c1-11-7-15(20-3)17-10-14(11)16(19)8-12-5-4-6-13(9-16)18(12)2/h7,10,12-13,19H,4-6,8-9H2,1-3H3. The van der Waals surface area contributed by atoms with Gasteiger partial charge in [0.25, 0.3) is 0 Å². The van der Waals surface area contributed by atoms with Gasteiger partial charge in [-0.25, -0.2) is 4.98 Å². The maximum Gasteiger partial charge on any atom is 0.213 e. The molecule has 0 aromatic carbocycles. The zero-order chi connectivity index (χ0) is 14.3. The lowest BCUT2D eigenvalue weighted by molar-refractivity contribution is -0.0879. The molecule has 2 atom stereocenters. The molecule has 0 saturated carbocycles. The van der Waals surface area contributed by atoms with E-state index in [9.17, 15) is 5.11 Å². The third kappa shape index (κ3) is 2.21. The molecule has 1 aromatic rings. The number of rotatable bonds is 2. The number of methoxy groups -OCH3 is 1. The van der Waals surface area contributed by atoms with E-state index in [0.717, 1.165) is 24.0 Å². The van der Waals surface area contributed by atoms with E-state index in [1.54, 1.807) is 13.3 Å². The number of aryl methyl sites for hydroxylation is 1. The summed E-state index contributed by atoms with van der Waals surface area (Å²) in [4.78, 5) is 6.76. The van der Waals surface area contributed by atoms with Crippen LogP contribution in [0.3, 0.4) is 0 Å². The summed E-state index contributed by atoms with van der Waals surface area (Å²) in [5, 5.41) is 11.2. The SMILES string of the molecule is COc1cc(C)c(C2(O)CC3CCCC(C2)N3C)cn1. The van der Waals surface area contributed by atoms with E-state index in [1.165, 1.54) is 19.3 Å². The van der Waals surface area contributed by atoms with Crippen LogP contribution in [-0.2, 0) is 5.60 Å². The second kappa shape index (κ2) is 5.01. The fourth-order valence-corrected chi connectivity index (χ4v) is 4.00. The zero-order valence-corrected chi connectivity index (χ0v) is 12.6. The van der Waals surface area contributed by atoms with E-state index in [0.29, 0.717) is 18.0 Å². The van der Waals surface area contributed by atoms with E-state index in [2.05, 4.69) is 16.9 Å². The van der Waals surface area contributed by atoms with Gasteiger partial charge in [-0.3, -0.25) is 0 Å². The molecule has 2 fully saturated rings. The largest absolute Gasteiger partial charge is 0.481 e. The molecule has 1 aromatic heterocycles. The fraction of sp³-hybridized carbons (Fsp3) is 0.688. The first-order chi connectivity index (χ1) is 9.53. The molecule has 0 radical (unpaired) electrons. The molecule has 2 saturated heterocycles. The monoisotopic (exact) mass is 276 g/mol. The number of nitrogens with zero attached hydrogens (tertiary/aromatic N) is 2. The highest BCUT2D eigenvalue weighted by Crippen LogP contribution is 2.44. The molecule has 110 valence electrons. The van der Waals surface area contributed by atoms with Crippen molar-refractivity contribution in [1.29, 1.82) is 0 Å². The first-order valence-corrected chi connectivity index (χ1v) is 7.49. The van der Waals surface area contributed by atoms with Gasteiger partial charge in [-0.15, -0.1) is 0 Å². The van der Waals surface area contributed by atoms with Crippen LogP contribution in [0.2, 0.25) is 0 Å². The lowest BCUT2D eigenvalue weighted by atomic mass is 9.72. The van der Waals surface area contributed by atoms with Crippen LogP contribution in [0, 0.1) is 6.92 Å². The Kier molecular flexibility index (Phi) is 3.46. The number of hydrogen-bond acceptors (Lipinski definition) is 4. The number of ether oxygens (including phenoxy) is 1. The third-order valence-electron chi connectivity index (χ3n) is 5.17. The minimum Gasteiger partial charge on any atom is -0.481 e. The summed E-state index contributed by atoms with van der Waals surface area (Å²) in [6, 6.07) is 2.91. The highest BCUT2D eigenvalue weighted by Gasteiger charge is 2.45. The second-order valence-electron chi connectivity index (χ2n) is 6.39. The van der Waals surface area contributed by atoms with Crippen LogP contribution >= 0.6 is 0 Å². The molecule has 0 amide bonds. The summed E-state index contributed by atoms with van der Waals surface area (Å²) in [5.74, 6) is 0.614. The van der Waals surface area contributed by atoms with Gasteiger partial charge in [0, 0.05) is 29.9 Å². The Morgan fingerprint density at radius 2 is 2.00 bits per heavy atom. The molecular weight excluding hydrogens is 252 g/mol. The predicted octanol–water partition coefficient (Wildman–Crippen LogP) is 2.23. The maximum atomic E-state index is 11.2. The molecule has 3 rings (SSSR count). The van der Waals surface area contributed by atoms with Gasteiger partial charge in [-0.2, -0.15) is 0 Å². The van der Waals surface area contributed by atoms with Crippen LogP contribution in [0.4, 0.5) is 0 Å². The van der Waals surface area contributed by atoms with E-state index >= 15 is 0 Å². The summed E-state index contributed by atoms with van der Waals surface area (Å²) < 4.78 is 5.16. The first-order valence-electron chi connectivity index (χ1n) is 7.49. The van der Waals surface area contributed by atoms with Gasteiger partial charge in [0.2, 0.25) is 5.88 Å². The molecule has 4 nitrogen and oxygen atoms in total. The summed E-state index contributed by atoms with van der Waals surface area (Å²) >= 11 is 0. The molecule has 0 aliphatic carbocycles. The normalized spacial score (nSPS) is 34.0. The Bertz CT molecular complexity index is 489. The minimum atomic E-state index is -0.731. The molecule has 1 N–H and O–H groups in total. The van der Waals surface area contributed by atoms with Crippen molar-refractivity contribution in [3.05, 3.63) is 23.4 Å². The summed E-state index contributed by atoms with van der Waals surface area (Å²) in [5.41, 5.74) is 1.32. The predicted molar refractivity (Wildman–Crippen MR) is 77.8 cm³/mol. The van der Waals surface area contributed by atoms with E-state index in [1.807, 2.05) is 13.0 Å². The quantitative estimate of drug-likeness (QED) is 0.900. The molecule has 2 unspecified atom stereocenters. The van der Waals surface area contributed by atoms with Gasteiger partial charge in [-0.05, 0) is 45.2 Å². The molecule has 4 heteroatoms. The summed E-state index contributed by atoms with van der Waals surface area (Å²) in [6.45, 7) is 2.03. The number of hydrogen-bond donors (Lipinski definition) is 1. The van der Waals surface area contributed by atoms with Crippen LogP contribution in [-0.4, -0.2) is 41.2 Å². The van der Waals surface area contributed by atoms with Crippen molar-refractivity contribution in [2.45, 2.75) is 56.7 Å². The lowest BCUT2D eigenvalue weighted by Crippen LogP contribution is -2.55. The Morgan fingerprint density at radius 3 is 2.55 bits per heavy atom. The Balaban J connectivity index is 1.93. The lowest BCUT2D eigenvalue weighted by Gasteiger charge is -2.51. The fourth-order valence-electron chi connectivity index (χ4n) is 4.00. The van der Waals surface area contributed by atoms with Crippen LogP contribution in [0.25, 0.3) is 0 Å². The molecule has 20 heavy (non-hydrogen) atoms. The second-order valence-corrected chi connectivity index (χ2v) is 6.39. The van der Waals surface area contributed by atoms with Gasteiger partial charge in [-0.1, -0.05) is 6.42 Å². The minimum absolute atomic E-state index is 0.494. The topological polar surface area (TPSA) is 45.6 Å². The van der Waals surface area contributed by atoms with Crippen molar-refractivity contribution >= 4 is 0 Å². The maximum absolute atomic E-state index is 11.2. The van der Waals surface area contributed by atoms with Crippen LogP contribution in [0.5, 0.6) is 5.88 Å². The summed E-state index contributed by atoms with van der Waals surface area (Å²) in [7, 11) is 3.82. The van der Waals surface area contributed by atoms with Gasteiger partial charge in [0.1, 0.15) is 0 Å². The van der Waals surface area contributed by atoms with Crippen molar-refractivity contribution in [1.82, 2.24) is 9.88 Å². The highest BCUT2D eigenvalue weighted by molar-refractivity contribution is 5.33. The average Bonchev–Trinajstić information content (AvgIpc) is 2.40. The third-order valence-corrected chi connectivity index (χ3v) is 5.17. The van der Waals surface area contributed by atoms with Crippen molar-refractivity contribution in [3.8, 4) is 5.88 Å². The van der Waals surface area contributed by atoms with Crippen LogP contribution in [0.15, 0.2) is 12.3 Å². The highest BCUT2D eigenvalue weighted by atomic mass is 16.5. The summed E-state index contributed by atoms with van der Waals surface area (Å²) in [6.07, 6.45) is 7.10. The van der Waals surface area contributed by atoms with Gasteiger partial charge in [0.05, 0.1) is 12.7 Å². The van der Waals surface area contributed by atoms with E-state index in [-0.39, 0.29) is 0 Å². The number of fused-ring (bicyclic) bond motifs is 2. The molecular formula is C16H24N2O2. The number of aliphatic hydroxyl groups is 1. The average molecular weight is 276 g/mol.